The summed E-state index contributed by atoms with van der Waals surface area (Å²) in [6.07, 6.45) is 6.41. The van der Waals surface area contributed by atoms with Crippen LogP contribution in [0.25, 0.3) is 0 Å². The molecule has 24 heavy (non-hydrogen) atoms. The summed E-state index contributed by atoms with van der Waals surface area (Å²) < 4.78 is 0. The number of hydrogen-bond acceptors (Lipinski definition) is 8. The zero-order valence-electron chi connectivity index (χ0n) is 13.4. The Morgan fingerprint density at radius 1 is 1.29 bits per heavy atom. The molecule has 1 spiro atoms. The van der Waals surface area contributed by atoms with Gasteiger partial charge >= 0.3 is 0 Å². The Kier molecular flexibility index (Phi) is 4.35. The average Bonchev–Trinajstić information content (AvgIpc) is 2.54. The minimum absolute atomic E-state index is 0.000574. The van der Waals surface area contributed by atoms with Gasteiger partial charge in [0.2, 0.25) is 11.9 Å². The molecule has 0 unspecified atom stereocenters. The molecule has 1 aliphatic heterocycles. The number of nitrogens with zero attached hydrogens (tertiary/aromatic N) is 4. The maximum Gasteiger partial charge on any atom is 0.294 e. The number of guanidine groups is 2. The third-order valence-corrected chi connectivity index (χ3v) is 5.20. The molecule has 3 rings (SSSR count). The maximum atomic E-state index is 11.6. The molecule has 1 aliphatic carbocycles. The Morgan fingerprint density at radius 3 is 2.62 bits per heavy atom. The Morgan fingerprint density at radius 2 is 2.00 bits per heavy atom. The molecule has 0 atom stereocenters. The third-order valence-electron chi connectivity index (χ3n) is 4.47. The molecule has 1 fully saturated rings. The van der Waals surface area contributed by atoms with Crippen molar-refractivity contribution in [3.05, 3.63) is 28.3 Å². The Balaban J connectivity index is 2.15. The third kappa shape index (κ3) is 2.79. The first-order valence-corrected chi connectivity index (χ1v) is 9.01. The van der Waals surface area contributed by atoms with Crippen LogP contribution in [0.2, 0.25) is 0 Å². The maximum absolute atomic E-state index is 11.6. The van der Waals surface area contributed by atoms with Crippen LogP contribution >= 0.6 is 11.8 Å². The van der Waals surface area contributed by atoms with Gasteiger partial charge in [-0.1, -0.05) is 6.42 Å². The molecule has 9 heteroatoms. The number of aliphatic imine (C=N–C) groups is 2. The van der Waals surface area contributed by atoms with Crippen LogP contribution in [0.3, 0.4) is 0 Å². The van der Waals surface area contributed by atoms with Gasteiger partial charge in [0.1, 0.15) is 11.4 Å². The molecule has 1 aromatic rings. The predicted octanol–water partition coefficient (Wildman–Crippen LogP) is 2.43. The van der Waals surface area contributed by atoms with Gasteiger partial charge in [-0.05, 0) is 44.1 Å². The largest absolute Gasteiger partial charge is 0.369 e. The van der Waals surface area contributed by atoms with Crippen molar-refractivity contribution in [2.45, 2.75) is 42.7 Å². The minimum Gasteiger partial charge on any atom is -0.369 e. The van der Waals surface area contributed by atoms with Gasteiger partial charge in [0.05, 0.1) is 4.92 Å². The second kappa shape index (κ2) is 6.31. The number of nitrogens with two attached hydrogens (primary N) is 2. The summed E-state index contributed by atoms with van der Waals surface area (Å²) in [4.78, 5) is 22.3. The van der Waals surface area contributed by atoms with Crippen molar-refractivity contribution < 1.29 is 4.92 Å². The lowest BCUT2D eigenvalue weighted by atomic mass is 9.87. The van der Waals surface area contributed by atoms with Gasteiger partial charge < -0.3 is 11.5 Å². The van der Waals surface area contributed by atoms with E-state index >= 15 is 0 Å². The topological polar surface area (TPSA) is 123 Å². The number of anilines is 1. The Labute approximate surface area is 144 Å². The minimum atomic E-state index is -0.681. The van der Waals surface area contributed by atoms with E-state index in [1.54, 1.807) is 17.0 Å². The fourth-order valence-corrected chi connectivity index (χ4v) is 3.87. The van der Waals surface area contributed by atoms with Crippen LogP contribution in [0.15, 0.2) is 33.1 Å². The van der Waals surface area contributed by atoms with Crippen molar-refractivity contribution >= 4 is 35.1 Å². The van der Waals surface area contributed by atoms with E-state index in [4.69, 9.17) is 11.5 Å². The van der Waals surface area contributed by atoms with E-state index in [2.05, 4.69) is 9.98 Å². The molecule has 4 N–H and O–H groups in total. The second-order valence-corrected chi connectivity index (χ2v) is 6.81. The number of rotatable bonds is 3. The molecular formula is C15H20N6O2S. The Bertz CT molecular complexity index is 727. The van der Waals surface area contributed by atoms with Crippen LogP contribution in [0.4, 0.5) is 11.4 Å². The smallest absolute Gasteiger partial charge is 0.294 e. The van der Waals surface area contributed by atoms with Crippen molar-refractivity contribution in [2.24, 2.45) is 21.5 Å². The van der Waals surface area contributed by atoms with Gasteiger partial charge in [0.15, 0.2) is 0 Å². The lowest BCUT2D eigenvalue weighted by molar-refractivity contribution is -0.384. The highest BCUT2D eigenvalue weighted by Crippen LogP contribution is 2.43. The highest BCUT2D eigenvalue weighted by Gasteiger charge is 2.44. The van der Waals surface area contributed by atoms with Crippen molar-refractivity contribution in [3.63, 3.8) is 0 Å². The lowest BCUT2D eigenvalue weighted by Gasteiger charge is -2.45. The number of benzene rings is 1. The van der Waals surface area contributed by atoms with E-state index in [1.165, 1.54) is 11.8 Å². The summed E-state index contributed by atoms with van der Waals surface area (Å²) in [6, 6.07) is 5.13. The highest BCUT2D eigenvalue weighted by molar-refractivity contribution is 7.98. The second-order valence-electron chi connectivity index (χ2n) is 5.93. The molecular weight excluding hydrogens is 328 g/mol. The average molecular weight is 348 g/mol. The van der Waals surface area contributed by atoms with Gasteiger partial charge in [-0.2, -0.15) is 4.99 Å². The first-order chi connectivity index (χ1) is 11.5. The number of thioether (sulfide) groups is 1. The molecule has 0 amide bonds. The van der Waals surface area contributed by atoms with Gasteiger partial charge in [-0.25, -0.2) is 4.99 Å². The zero-order valence-corrected chi connectivity index (χ0v) is 14.3. The highest BCUT2D eigenvalue weighted by atomic mass is 32.2. The molecule has 0 aromatic heterocycles. The van der Waals surface area contributed by atoms with Gasteiger partial charge in [0.25, 0.3) is 5.69 Å². The summed E-state index contributed by atoms with van der Waals surface area (Å²) in [7, 11) is 0. The van der Waals surface area contributed by atoms with Crippen LogP contribution in [-0.2, 0) is 0 Å². The molecule has 2 aliphatic rings. The molecule has 0 radical (unpaired) electrons. The lowest BCUT2D eigenvalue weighted by Crippen LogP contribution is -2.58. The van der Waals surface area contributed by atoms with E-state index in [0.717, 1.165) is 37.0 Å². The van der Waals surface area contributed by atoms with Crippen LogP contribution in [0.1, 0.15) is 32.1 Å². The summed E-state index contributed by atoms with van der Waals surface area (Å²) in [5.74, 6) is 0.290. The molecule has 128 valence electrons. The van der Waals surface area contributed by atoms with Crippen LogP contribution < -0.4 is 16.4 Å². The van der Waals surface area contributed by atoms with Crippen LogP contribution in [-0.4, -0.2) is 28.8 Å². The van der Waals surface area contributed by atoms with E-state index in [-0.39, 0.29) is 22.5 Å². The first kappa shape index (κ1) is 16.6. The normalized spacial score (nSPS) is 19.8. The molecule has 8 nitrogen and oxygen atoms in total. The van der Waals surface area contributed by atoms with Crippen LogP contribution in [0, 0.1) is 10.1 Å². The van der Waals surface area contributed by atoms with Crippen molar-refractivity contribution in [2.75, 3.05) is 11.2 Å². The van der Waals surface area contributed by atoms with Gasteiger partial charge in [0, 0.05) is 11.0 Å². The van der Waals surface area contributed by atoms with E-state index in [1.807, 2.05) is 12.3 Å². The first-order valence-electron chi connectivity index (χ1n) is 7.79. The SMILES string of the molecule is CSc1ccc(N2C(N)=NC(N)=NC23CCCCC3)c([N+](=O)[O-])c1. The Hall–Kier alpha value is -2.29. The van der Waals surface area contributed by atoms with E-state index in [0.29, 0.717) is 5.69 Å². The molecule has 0 bridgehead atoms. The van der Waals surface area contributed by atoms with Crippen LogP contribution in [0.5, 0.6) is 0 Å². The zero-order chi connectivity index (χ0) is 17.3. The molecule has 0 saturated heterocycles. The van der Waals surface area contributed by atoms with E-state index < -0.39 is 5.66 Å². The van der Waals surface area contributed by atoms with Gasteiger partial charge in [-0.3, -0.25) is 15.0 Å². The fraction of sp³-hybridized carbons (Fsp3) is 0.467. The number of nitro groups is 1. The quantitative estimate of drug-likeness (QED) is 0.491. The van der Waals surface area contributed by atoms with Crippen molar-refractivity contribution in [1.82, 2.24) is 0 Å². The number of hydrogen-bond donors (Lipinski definition) is 2. The summed E-state index contributed by atoms with van der Waals surface area (Å²) in [6.45, 7) is 0. The van der Waals surface area contributed by atoms with Gasteiger partial charge in [-0.15, -0.1) is 11.8 Å². The van der Waals surface area contributed by atoms with E-state index in [9.17, 15) is 10.1 Å². The standard InChI is InChI=1S/C15H20N6O2S/c1-24-10-5-6-11(12(9-10)21(22)23)20-14(17)18-13(16)19-15(20)7-3-2-4-8-15/h5-6,9H,2-4,7-8H2,1H3,(H4,16,17,18,19). The molecule has 1 heterocycles. The summed E-state index contributed by atoms with van der Waals surface area (Å²) >= 11 is 1.45. The molecule has 1 saturated carbocycles. The summed E-state index contributed by atoms with van der Waals surface area (Å²) in [5, 5.41) is 11.6. The summed E-state index contributed by atoms with van der Waals surface area (Å²) in [5.41, 5.74) is 11.7. The number of nitro benzene ring substituents is 1. The molecule has 1 aromatic carbocycles. The van der Waals surface area contributed by atoms with Crippen molar-refractivity contribution in [3.8, 4) is 0 Å². The van der Waals surface area contributed by atoms with Crippen molar-refractivity contribution in [1.29, 1.82) is 0 Å². The monoisotopic (exact) mass is 348 g/mol. The predicted molar refractivity (Wildman–Crippen MR) is 96.4 cm³/mol. The fourth-order valence-electron chi connectivity index (χ4n) is 3.44.